The first-order valence-corrected chi connectivity index (χ1v) is 8.96. The van der Waals surface area contributed by atoms with Crippen LogP contribution in [0.3, 0.4) is 0 Å². The van der Waals surface area contributed by atoms with Gasteiger partial charge in [-0.15, -0.1) is 0 Å². The Morgan fingerprint density at radius 1 is 1.16 bits per heavy atom. The number of anilines is 2. The molecule has 0 saturated carbocycles. The van der Waals surface area contributed by atoms with Gasteiger partial charge >= 0.3 is 0 Å². The number of carbonyl (C=O) groups is 1. The summed E-state index contributed by atoms with van der Waals surface area (Å²) in [5.74, 6) is 1.40. The van der Waals surface area contributed by atoms with E-state index in [2.05, 4.69) is 48.2 Å². The number of carbonyl (C=O) groups excluding carboxylic acids is 1. The molecule has 1 saturated heterocycles. The van der Waals surface area contributed by atoms with Crippen molar-refractivity contribution >= 4 is 33.3 Å². The van der Waals surface area contributed by atoms with E-state index in [0.717, 1.165) is 36.4 Å². The summed E-state index contributed by atoms with van der Waals surface area (Å²) in [5.41, 5.74) is 1.18. The van der Waals surface area contributed by atoms with Crippen LogP contribution in [0.25, 0.3) is 0 Å². The predicted octanol–water partition coefficient (Wildman–Crippen LogP) is 2.61. The Kier molecular flexibility index (Phi) is 5.88. The molecule has 3 rings (SSSR count). The number of aromatic nitrogens is 1. The quantitative estimate of drug-likeness (QED) is 0.829. The van der Waals surface area contributed by atoms with Gasteiger partial charge in [0.2, 0.25) is 5.91 Å². The van der Waals surface area contributed by atoms with E-state index in [4.69, 9.17) is 4.74 Å². The molecular weight excluding hydrogens is 384 g/mol. The van der Waals surface area contributed by atoms with Gasteiger partial charge in [-0.1, -0.05) is 0 Å². The molecule has 2 heterocycles. The fourth-order valence-corrected chi connectivity index (χ4v) is 3.03. The fourth-order valence-electron chi connectivity index (χ4n) is 2.79. The molecule has 132 valence electrons. The summed E-state index contributed by atoms with van der Waals surface area (Å²) in [6.07, 6.45) is 1.67. The van der Waals surface area contributed by atoms with Gasteiger partial charge in [0.05, 0.1) is 13.7 Å². The summed E-state index contributed by atoms with van der Waals surface area (Å²) in [4.78, 5) is 20.8. The van der Waals surface area contributed by atoms with E-state index < -0.39 is 0 Å². The average molecular weight is 405 g/mol. The van der Waals surface area contributed by atoms with E-state index >= 15 is 0 Å². The van der Waals surface area contributed by atoms with Crippen LogP contribution in [0.15, 0.2) is 47.1 Å². The van der Waals surface area contributed by atoms with Gasteiger partial charge in [0.25, 0.3) is 0 Å². The number of hydrogen-bond donors (Lipinski definition) is 1. The van der Waals surface area contributed by atoms with Crippen LogP contribution < -0.4 is 15.0 Å². The van der Waals surface area contributed by atoms with Gasteiger partial charge in [0.15, 0.2) is 0 Å². The molecule has 1 N–H and O–H groups in total. The molecule has 1 aromatic carbocycles. The summed E-state index contributed by atoms with van der Waals surface area (Å²) in [5, 5.41) is 2.83. The third-order valence-corrected chi connectivity index (χ3v) is 4.64. The van der Waals surface area contributed by atoms with Gasteiger partial charge in [0, 0.05) is 42.5 Å². The molecule has 25 heavy (non-hydrogen) atoms. The Bertz CT molecular complexity index is 698. The first kappa shape index (κ1) is 17.7. The smallest absolute Gasteiger partial charge is 0.239 e. The number of ether oxygens (including phenoxy) is 1. The highest BCUT2D eigenvalue weighted by Gasteiger charge is 2.19. The van der Waals surface area contributed by atoms with Crippen molar-refractivity contribution in [3.63, 3.8) is 0 Å². The number of nitrogens with zero attached hydrogens (tertiary/aromatic N) is 3. The predicted molar refractivity (Wildman–Crippen MR) is 102 cm³/mol. The van der Waals surface area contributed by atoms with Crippen LogP contribution in [0, 0.1) is 0 Å². The van der Waals surface area contributed by atoms with E-state index in [1.54, 1.807) is 19.4 Å². The van der Waals surface area contributed by atoms with Crippen LogP contribution in [-0.4, -0.2) is 55.6 Å². The monoisotopic (exact) mass is 404 g/mol. The molecule has 1 aliphatic heterocycles. The maximum absolute atomic E-state index is 12.2. The molecule has 1 amide bonds. The minimum atomic E-state index is -0.0345. The summed E-state index contributed by atoms with van der Waals surface area (Å²) in [6, 6.07) is 11.7. The number of methoxy groups -OCH3 is 1. The lowest BCUT2D eigenvalue weighted by molar-refractivity contribution is -0.117. The number of nitrogens with one attached hydrogen (secondary N) is 1. The number of benzene rings is 1. The molecule has 2 aromatic rings. The molecule has 0 atom stereocenters. The number of hydrogen-bond acceptors (Lipinski definition) is 5. The van der Waals surface area contributed by atoms with E-state index in [1.165, 1.54) is 5.69 Å². The molecule has 0 spiro atoms. The molecule has 1 aromatic heterocycles. The van der Waals surface area contributed by atoms with Crippen molar-refractivity contribution in [3.05, 3.63) is 47.1 Å². The fraction of sp³-hybridized carbons (Fsp3) is 0.333. The Morgan fingerprint density at radius 2 is 1.88 bits per heavy atom. The van der Waals surface area contributed by atoms with Crippen molar-refractivity contribution in [1.82, 2.24) is 9.88 Å². The molecule has 0 aliphatic carbocycles. The zero-order valence-corrected chi connectivity index (χ0v) is 15.7. The SMILES string of the molecule is COc1ccc(N2CCN(CC(=O)Nc3ccc(Br)cn3)CC2)cc1. The number of rotatable bonds is 5. The lowest BCUT2D eigenvalue weighted by atomic mass is 10.2. The number of amides is 1. The van der Waals surface area contributed by atoms with Crippen LogP contribution in [0.5, 0.6) is 5.75 Å². The zero-order chi connectivity index (χ0) is 17.6. The van der Waals surface area contributed by atoms with Crippen molar-refractivity contribution in [3.8, 4) is 5.75 Å². The van der Waals surface area contributed by atoms with E-state index in [0.29, 0.717) is 12.4 Å². The highest BCUT2D eigenvalue weighted by molar-refractivity contribution is 9.10. The first-order chi connectivity index (χ1) is 12.1. The molecule has 6 nitrogen and oxygen atoms in total. The second-order valence-electron chi connectivity index (χ2n) is 5.87. The van der Waals surface area contributed by atoms with Crippen LogP contribution in [0.4, 0.5) is 11.5 Å². The number of halogens is 1. The van der Waals surface area contributed by atoms with Gasteiger partial charge in [0.1, 0.15) is 11.6 Å². The lowest BCUT2D eigenvalue weighted by Crippen LogP contribution is -2.48. The standard InChI is InChI=1S/C18H21BrN4O2/c1-25-16-5-3-15(4-6-16)23-10-8-22(9-11-23)13-18(24)21-17-7-2-14(19)12-20-17/h2-7,12H,8-11,13H2,1H3,(H,20,21,24). The van der Waals surface area contributed by atoms with E-state index in [9.17, 15) is 4.79 Å². The summed E-state index contributed by atoms with van der Waals surface area (Å²) < 4.78 is 6.08. The van der Waals surface area contributed by atoms with Crippen molar-refractivity contribution < 1.29 is 9.53 Å². The van der Waals surface area contributed by atoms with Gasteiger partial charge < -0.3 is 15.0 Å². The largest absolute Gasteiger partial charge is 0.497 e. The second-order valence-corrected chi connectivity index (χ2v) is 6.79. The molecule has 1 aliphatic rings. The van der Waals surface area contributed by atoms with Gasteiger partial charge in [-0.2, -0.15) is 0 Å². The van der Waals surface area contributed by atoms with Gasteiger partial charge in [-0.3, -0.25) is 9.69 Å². The molecular formula is C18H21BrN4O2. The average Bonchev–Trinajstić information content (AvgIpc) is 2.64. The normalized spacial score (nSPS) is 15.0. The Balaban J connectivity index is 1.46. The Morgan fingerprint density at radius 3 is 2.48 bits per heavy atom. The highest BCUT2D eigenvalue weighted by atomic mass is 79.9. The topological polar surface area (TPSA) is 57.7 Å². The van der Waals surface area contributed by atoms with Gasteiger partial charge in [-0.05, 0) is 52.3 Å². The zero-order valence-electron chi connectivity index (χ0n) is 14.1. The lowest BCUT2D eigenvalue weighted by Gasteiger charge is -2.35. The molecule has 0 bridgehead atoms. The van der Waals surface area contributed by atoms with Crippen molar-refractivity contribution in [2.75, 3.05) is 50.1 Å². The molecule has 1 fully saturated rings. The number of piperazine rings is 1. The summed E-state index contributed by atoms with van der Waals surface area (Å²) in [6.45, 7) is 3.89. The number of pyridine rings is 1. The molecule has 7 heteroatoms. The van der Waals surface area contributed by atoms with Crippen LogP contribution in [-0.2, 0) is 4.79 Å². The summed E-state index contributed by atoms with van der Waals surface area (Å²) in [7, 11) is 1.67. The second kappa shape index (κ2) is 8.31. The van der Waals surface area contributed by atoms with Crippen molar-refractivity contribution in [2.24, 2.45) is 0 Å². The van der Waals surface area contributed by atoms with Crippen LogP contribution in [0.1, 0.15) is 0 Å². The minimum Gasteiger partial charge on any atom is -0.497 e. The highest BCUT2D eigenvalue weighted by Crippen LogP contribution is 2.20. The van der Waals surface area contributed by atoms with E-state index in [-0.39, 0.29) is 5.91 Å². The molecule has 0 unspecified atom stereocenters. The first-order valence-electron chi connectivity index (χ1n) is 8.17. The van der Waals surface area contributed by atoms with Crippen LogP contribution >= 0.6 is 15.9 Å². The van der Waals surface area contributed by atoms with Crippen LogP contribution in [0.2, 0.25) is 0 Å². The van der Waals surface area contributed by atoms with Crippen molar-refractivity contribution in [1.29, 1.82) is 0 Å². The molecule has 0 radical (unpaired) electrons. The van der Waals surface area contributed by atoms with Gasteiger partial charge in [-0.25, -0.2) is 4.98 Å². The van der Waals surface area contributed by atoms with E-state index in [1.807, 2.05) is 18.2 Å². The van der Waals surface area contributed by atoms with Crippen molar-refractivity contribution in [2.45, 2.75) is 0 Å². The minimum absolute atomic E-state index is 0.0345. The third-order valence-electron chi connectivity index (χ3n) is 4.17. The maximum Gasteiger partial charge on any atom is 0.239 e. The summed E-state index contributed by atoms with van der Waals surface area (Å²) >= 11 is 3.33. The maximum atomic E-state index is 12.2. The third kappa shape index (κ3) is 4.93. The Hall–Kier alpha value is -2.12. The Labute approximate surface area is 155 Å².